The molecule has 0 radical (unpaired) electrons. The second-order valence-electron chi connectivity index (χ2n) is 7.72. The molecule has 1 aromatic heterocycles. The number of piperidine rings is 1. The fourth-order valence-electron chi connectivity index (χ4n) is 4.11. The summed E-state index contributed by atoms with van der Waals surface area (Å²) in [5.41, 5.74) is 2.81. The van der Waals surface area contributed by atoms with Gasteiger partial charge in [-0.1, -0.05) is 48.5 Å². The largest absolute Gasteiger partial charge is 0.343 e. The smallest absolute Gasteiger partial charge is 0.251 e. The topological polar surface area (TPSA) is 53.2 Å². The van der Waals surface area contributed by atoms with Gasteiger partial charge in [-0.15, -0.1) is 0 Å². The van der Waals surface area contributed by atoms with Crippen molar-refractivity contribution in [3.8, 4) is 0 Å². The summed E-state index contributed by atoms with van der Waals surface area (Å²) in [5.74, 6) is 0.806. The minimum atomic E-state index is -0.0898. The van der Waals surface area contributed by atoms with Gasteiger partial charge < -0.3 is 9.88 Å². The molecule has 1 aliphatic rings. The second-order valence-corrected chi connectivity index (χ2v) is 7.72. The van der Waals surface area contributed by atoms with E-state index in [0.29, 0.717) is 24.3 Å². The van der Waals surface area contributed by atoms with Crippen LogP contribution in [0.25, 0.3) is 10.9 Å². The molecule has 3 aromatic rings. The van der Waals surface area contributed by atoms with Crippen LogP contribution in [0.1, 0.15) is 30.4 Å². The van der Waals surface area contributed by atoms with Crippen LogP contribution in [0.3, 0.4) is 0 Å². The number of fused-ring (bicyclic) bond motifs is 1. The van der Waals surface area contributed by atoms with Crippen molar-refractivity contribution in [2.24, 2.45) is 5.92 Å². The number of aromatic amines is 1. The van der Waals surface area contributed by atoms with Gasteiger partial charge in [-0.2, -0.15) is 0 Å². The van der Waals surface area contributed by atoms with E-state index in [4.69, 9.17) is 0 Å². The van der Waals surface area contributed by atoms with E-state index in [1.54, 1.807) is 0 Å². The van der Waals surface area contributed by atoms with Gasteiger partial charge in [0, 0.05) is 30.6 Å². The number of nitrogens with one attached hydrogen (secondary N) is 1. The lowest BCUT2D eigenvalue weighted by molar-refractivity contribution is -0.132. The van der Waals surface area contributed by atoms with Crippen molar-refractivity contribution in [3.63, 3.8) is 0 Å². The molecule has 2 heterocycles. The summed E-state index contributed by atoms with van der Waals surface area (Å²) in [7, 11) is 0. The van der Waals surface area contributed by atoms with E-state index in [1.165, 1.54) is 5.56 Å². The van der Waals surface area contributed by atoms with Gasteiger partial charge in [0.25, 0.3) is 5.56 Å². The first-order valence-electron chi connectivity index (χ1n) is 10.1. The van der Waals surface area contributed by atoms with E-state index >= 15 is 0 Å². The van der Waals surface area contributed by atoms with Crippen LogP contribution in [0.4, 0.5) is 0 Å². The Morgan fingerprint density at radius 2 is 1.71 bits per heavy atom. The number of amides is 1. The van der Waals surface area contributed by atoms with E-state index < -0.39 is 0 Å². The van der Waals surface area contributed by atoms with Gasteiger partial charge in [-0.05, 0) is 54.7 Å². The third-order valence-corrected chi connectivity index (χ3v) is 5.77. The molecule has 0 atom stereocenters. The quantitative estimate of drug-likeness (QED) is 0.735. The molecule has 2 aromatic carbocycles. The molecular weight excluding hydrogens is 348 g/mol. The van der Waals surface area contributed by atoms with Crippen LogP contribution in [0, 0.1) is 5.92 Å². The number of H-pyrrole nitrogens is 1. The van der Waals surface area contributed by atoms with Crippen molar-refractivity contribution in [1.29, 1.82) is 0 Å². The highest BCUT2D eigenvalue weighted by Gasteiger charge is 2.22. The van der Waals surface area contributed by atoms with Crippen molar-refractivity contribution < 1.29 is 4.79 Å². The molecule has 1 fully saturated rings. The van der Waals surface area contributed by atoms with E-state index in [1.807, 2.05) is 41.3 Å². The van der Waals surface area contributed by atoms with Crippen LogP contribution >= 0.6 is 0 Å². The van der Waals surface area contributed by atoms with E-state index in [-0.39, 0.29) is 11.5 Å². The van der Waals surface area contributed by atoms with Crippen LogP contribution in [0.15, 0.2) is 65.5 Å². The second kappa shape index (κ2) is 8.42. The minimum absolute atomic E-state index is 0.0898. The SMILES string of the molecule is O=C(CCc1cc2ccccc2[nH]c1=O)N1CCC(Cc2ccccc2)CC1. The molecule has 0 spiro atoms. The summed E-state index contributed by atoms with van der Waals surface area (Å²) >= 11 is 0. The zero-order valence-electron chi connectivity index (χ0n) is 16.1. The van der Waals surface area contributed by atoms with Gasteiger partial charge in [0.15, 0.2) is 0 Å². The van der Waals surface area contributed by atoms with E-state index in [0.717, 1.165) is 43.3 Å². The minimum Gasteiger partial charge on any atom is -0.343 e. The summed E-state index contributed by atoms with van der Waals surface area (Å²) in [6.07, 6.45) is 4.08. The zero-order valence-corrected chi connectivity index (χ0v) is 16.1. The number of carbonyl (C=O) groups is 1. The molecule has 1 N–H and O–H groups in total. The molecule has 28 heavy (non-hydrogen) atoms. The average Bonchev–Trinajstić information content (AvgIpc) is 2.73. The lowest BCUT2D eigenvalue weighted by Gasteiger charge is -2.32. The number of likely N-dealkylation sites (tertiary alicyclic amines) is 1. The first-order valence-corrected chi connectivity index (χ1v) is 10.1. The number of rotatable bonds is 5. The molecule has 4 heteroatoms. The summed E-state index contributed by atoms with van der Waals surface area (Å²) in [4.78, 5) is 29.8. The molecule has 1 saturated heterocycles. The Hall–Kier alpha value is -2.88. The Balaban J connectivity index is 1.30. The van der Waals surface area contributed by atoms with Gasteiger partial charge in [-0.25, -0.2) is 0 Å². The van der Waals surface area contributed by atoms with Crippen molar-refractivity contribution in [2.75, 3.05) is 13.1 Å². The van der Waals surface area contributed by atoms with Crippen molar-refractivity contribution >= 4 is 16.8 Å². The molecule has 4 nitrogen and oxygen atoms in total. The molecule has 0 aliphatic carbocycles. The summed E-state index contributed by atoms with van der Waals surface area (Å²) in [6, 6.07) is 20.2. The van der Waals surface area contributed by atoms with Crippen LogP contribution in [-0.2, 0) is 17.6 Å². The Bertz CT molecular complexity index is 1000. The lowest BCUT2D eigenvalue weighted by Crippen LogP contribution is -2.39. The Kier molecular flexibility index (Phi) is 5.56. The number of pyridine rings is 1. The number of hydrogen-bond acceptors (Lipinski definition) is 2. The highest BCUT2D eigenvalue weighted by atomic mass is 16.2. The Morgan fingerprint density at radius 1 is 1.00 bits per heavy atom. The molecule has 1 aliphatic heterocycles. The predicted molar refractivity (Wildman–Crippen MR) is 112 cm³/mol. The fourth-order valence-corrected chi connectivity index (χ4v) is 4.11. The normalized spacial score (nSPS) is 15.1. The standard InChI is InChI=1S/C24H26N2O2/c27-23(11-10-21-17-20-8-4-5-9-22(20)25-24(21)28)26-14-12-19(13-15-26)16-18-6-2-1-3-7-18/h1-9,17,19H,10-16H2,(H,25,28). The van der Waals surface area contributed by atoms with Crippen LogP contribution in [0.5, 0.6) is 0 Å². The molecule has 0 bridgehead atoms. The number of aromatic nitrogens is 1. The third-order valence-electron chi connectivity index (χ3n) is 5.77. The maximum absolute atomic E-state index is 12.6. The van der Waals surface area contributed by atoms with Crippen LogP contribution in [0.2, 0.25) is 0 Å². The first kappa shape index (κ1) is 18.5. The van der Waals surface area contributed by atoms with Crippen molar-refractivity contribution in [3.05, 3.63) is 82.1 Å². The molecule has 1 amide bonds. The highest BCUT2D eigenvalue weighted by Crippen LogP contribution is 2.22. The number of carbonyl (C=O) groups excluding carboxylic acids is 1. The van der Waals surface area contributed by atoms with Gasteiger partial charge >= 0.3 is 0 Å². The predicted octanol–water partition coefficient (Wildman–Crippen LogP) is 3.94. The molecule has 0 unspecified atom stereocenters. The van der Waals surface area contributed by atoms with Crippen LogP contribution < -0.4 is 5.56 Å². The van der Waals surface area contributed by atoms with Crippen molar-refractivity contribution in [1.82, 2.24) is 9.88 Å². The summed E-state index contributed by atoms with van der Waals surface area (Å²) in [5, 5.41) is 1.01. The fraction of sp³-hybridized carbons (Fsp3) is 0.333. The average molecular weight is 374 g/mol. The zero-order chi connectivity index (χ0) is 19.3. The lowest BCUT2D eigenvalue weighted by atomic mass is 9.90. The molecule has 0 saturated carbocycles. The monoisotopic (exact) mass is 374 g/mol. The van der Waals surface area contributed by atoms with Gasteiger partial charge in [0.05, 0.1) is 0 Å². The van der Waals surface area contributed by atoms with Crippen LogP contribution in [-0.4, -0.2) is 28.9 Å². The Labute approximate surface area is 165 Å². The Morgan fingerprint density at radius 3 is 2.50 bits per heavy atom. The van der Waals surface area contributed by atoms with Gasteiger partial charge in [0.2, 0.25) is 5.91 Å². The van der Waals surface area contributed by atoms with Gasteiger partial charge in [-0.3, -0.25) is 9.59 Å². The number of benzene rings is 2. The van der Waals surface area contributed by atoms with E-state index in [2.05, 4.69) is 29.2 Å². The molecular formula is C24H26N2O2. The van der Waals surface area contributed by atoms with E-state index in [9.17, 15) is 9.59 Å². The maximum atomic E-state index is 12.6. The summed E-state index contributed by atoms with van der Waals surface area (Å²) < 4.78 is 0. The number of aryl methyl sites for hydroxylation is 1. The first-order chi connectivity index (χ1) is 13.7. The summed E-state index contributed by atoms with van der Waals surface area (Å²) in [6.45, 7) is 1.65. The highest BCUT2D eigenvalue weighted by molar-refractivity contribution is 5.79. The maximum Gasteiger partial charge on any atom is 0.251 e. The van der Waals surface area contributed by atoms with Gasteiger partial charge in [0.1, 0.15) is 0 Å². The number of para-hydroxylation sites is 1. The number of nitrogens with zero attached hydrogens (tertiary/aromatic N) is 1. The number of hydrogen-bond donors (Lipinski definition) is 1. The van der Waals surface area contributed by atoms with Crippen molar-refractivity contribution in [2.45, 2.75) is 32.1 Å². The molecule has 144 valence electrons. The molecule has 4 rings (SSSR count). The third kappa shape index (κ3) is 4.33.